The van der Waals surface area contributed by atoms with Crippen LogP contribution in [0.5, 0.6) is 0 Å². The lowest BCUT2D eigenvalue weighted by Crippen LogP contribution is -2.21. The molecule has 0 unspecified atom stereocenters. The molecule has 1 amide bonds. The van der Waals surface area contributed by atoms with Crippen LogP contribution in [0.25, 0.3) is 0 Å². The van der Waals surface area contributed by atoms with Gasteiger partial charge < -0.3 is 10.1 Å². The topological polar surface area (TPSA) is 55.4 Å². The van der Waals surface area contributed by atoms with E-state index in [1.54, 1.807) is 6.07 Å². The van der Waals surface area contributed by atoms with E-state index in [4.69, 9.17) is 62.7 Å². The van der Waals surface area contributed by atoms with Crippen LogP contribution in [-0.4, -0.2) is 18.5 Å². The molecule has 0 saturated heterocycles. The van der Waals surface area contributed by atoms with Crippen LogP contribution in [0.4, 0.5) is 5.69 Å². The summed E-state index contributed by atoms with van der Waals surface area (Å²) in [6.45, 7) is -0.559. The van der Waals surface area contributed by atoms with E-state index in [2.05, 4.69) is 5.32 Å². The van der Waals surface area contributed by atoms with Crippen LogP contribution in [0.15, 0.2) is 30.3 Å². The molecule has 0 saturated carbocycles. The molecular formula is C15H8Cl5NO3. The van der Waals surface area contributed by atoms with E-state index >= 15 is 0 Å². The van der Waals surface area contributed by atoms with Gasteiger partial charge in [-0.05, 0) is 30.3 Å². The highest BCUT2D eigenvalue weighted by molar-refractivity contribution is 6.46. The summed E-state index contributed by atoms with van der Waals surface area (Å²) in [5, 5.41) is 3.33. The standard InChI is InChI=1S/C15H8Cl5NO3/c16-7-1-4-11(10(19)5-7)21-12(22)6-24-15(23)13-8(17)2-3-9(18)14(13)20/h1-5H,6H2,(H,21,22). The minimum absolute atomic E-state index is 0.0460. The summed E-state index contributed by atoms with van der Waals surface area (Å²) >= 11 is 29.4. The van der Waals surface area contributed by atoms with E-state index in [0.717, 1.165) is 0 Å². The van der Waals surface area contributed by atoms with Crippen LogP contribution in [-0.2, 0) is 9.53 Å². The monoisotopic (exact) mass is 425 g/mol. The van der Waals surface area contributed by atoms with Crippen molar-refractivity contribution in [3.05, 3.63) is 61.0 Å². The van der Waals surface area contributed by atoms with Gasteiger partial charge in [0, 0.05) is 5.02 Å². The van der Waals surface area contributed by atoms with E-state index in [0.29, 0.717) is 10.7 Å². The molecular weight excluding hydrogens is 419 g/mol. The number of halogens is 5. The number of amides is 1. The number of hydrogen-bond acceptors (Lipinski definition) is 3. The Balaban J connectivity index is 2.02. The van der Waals surface area contributed by atoms with Crippen LogP contribution in [0.1, 0.15) is 10.4 Å². The van der Waals surface area contributed by atoms with Gasteiger partial charge in [0.2, 0.25) is 0 Å². The van der Waals surface area contributed by atoms with Gasteiger partial charge >= 0.3 is 5.97 Å². The highest BCUT2D eigenvalue weighted by atomic mass is 35.5. The van der Waals surface area contributed by atoms with E-state index in [9.17, 15) is 9.59 Å². The number of ether oxygens (including phenoxy) is 1. The predicted octanol–water partition coefficient (Wildman–Crippen LogP) is 5.75. The fourth-order valence-corrected chi connectivity index (χ4v) is 2.83. The van der Waals surface area contributed by atoms with Gasteiger partial charge in [0.1, 0.15) is 0 Å². The summed E-state index contributed by atoms with van der Waals surface area (Å²) in [7, 11) is 0. The van der Waals surface area contributed by atoms with Gasteiger partial charge in [-0.25, -0.2) is 4.79 Å². The van der Waals surface area contributed by atoms with Crippen molar-refractivity contribution in [3.63, 3.8) is 0 Å². The van der Waals surface area contributed by atoms with Gasteiger partial charge in [0.15, 0.2) is 6.61 Å². The van der Waals surface area contributed by atoms with Crippen LogP contribution in [0, 0.1) is 0 Å². The van der Waals surface area contributed by atoms with Crippen LogP contribution in [0.2, 0.25) is 25.1 Å². The van der Waals surface area contributed by atoms with Gasteiger partial charge in [0.25, 0.3) is 5.91 Å². The van der Waals surface area contributed by atoms with E-state index in [-0.39, 0.29) is 25.7 Å². The first-order valence-electron chi connectivity index (χ1n) is 6.35. The number of hydrogen-bond donors (Lipinski definition) is 1. The lowest BCUT2D eigenvalue weighted by molar-refractivity contribution is -0.119. The molecule has 0 aromatic heterocycles. The normalized spacial score (nSPS) is 10.4. The smallest absolute Gasteiger partial charge is 0.341 e. The van der Waals surface area contributed by atoms with E-state index in [1.165, 1.54) is 24.3 Å². The summed E-state index contributed by atoms with van der Waals surface area (Å²) in [5.74, 6) is -1.47. The predicted molar refractivity (Wildman–Crippen MR) is 96.8 cm³/mol. The minimum Gasteiger partial charge on any atom is -0.452 e. The zero-order valence-electron chi connectivity index (χ0n) is 11.7. The third-order valence-electron chi connectivity index (χ3n) is 2.79. The molecule has 2 aromatic carbocycles. The molecule has 2 aromatic rings. The van der Waals surface area contributed by atoms with Crippen molar-refractivity contribution >= 4 is 75.6 Å². The molecule has 0 aliphatic heterocycles. The summed E-state index contributed by atoms with van der Waals surface area (Å²) < 4.78 is 4.89. The molecule has 1 N–H and O–H groups in total. The van der Waals surface area contributed by atoms with Gasteiger partial charge in [0.05, 0.1) is 31.3 Å². The highest BCUT2D eigenvalue weighted by Crippen LogP contribution is 2.32. The molecule has 0 heterocycles. The lowest BCUT2D eigenvalue weighted by atomic mass is 10.2. The minimum atomic E-state index is -0.871. The van der Waals surface area contributed by atoms with Crippen molar-refractivity contribution in [2.24, 2.45) is 0 Å². The Bertz CT molecular complexity index is 810. The van der Waals surface area contributed by atoms with Gasteiger partial charge in [-0.2, -0.15) is 0 Å². The Hall–Kier alpha value is -1.17. The van der Waals surface area contributed by atoms with Crippen molar-refractivity contribution in [2.75, 3.05) is 11.9 Å². The third-order valence-corrected chi connectivity index (χ3v) is 4.45. The number of rotatable bonds is 4. The van der Waals surface area contributed by atoms with Crippen molar-refractivity contribution < 1.29 is 14.3 Å². The van der Waals surface area contributed by atoms with E-state index < -0.39 is 18.5 Å². The first-order chi connectivity index (χ1) is 11.3. The molecule has 126 valence electrons. The van der Waals surface area contributed by atoms with Crippen LogP contribution in [0.3, 0.4) is 0 Å². The highest BCUT2D eigenvalue weighted by Gasteiger charge is 2.20. The second kappa shape index (κ2) is 8.28. The number of benzene rings is 2. The average Bonchev–Trinajstić information content (AvgIpc) is 2.52. The Kier molecular flexibility index (Phi) is 6.61. The zero-order chi connectivity index (χ0) is 17.9. The number of nitrogens with one attached hydrogen (secondary N) is 1. The first kappa shape index (κ1) is 19.2. The van der Waals surface area contributed by atoms with Crippen molar-refractivity contribution in [2.45, 2.75) is 0 Å². The molecule has 0 bridgehead atoms. The van der Waals surface area contributed by atoms with Crippen molar-refractivity contribution in [1.82, 2.24) is 0 Å². The van der Waals surface area contributed by atoms with Gasteiger partial charge in [-0.15, -0.1) is 0 Å². The second-order valence-electron chi connectivity index (χ2n) is 4.47. The fourth-order valence-electron chi connectivity index (χ4n) is 1.69. The molecule has 0 atom stereocenters. The molecule has 0 aliphatic carbocycles. The lowest BCUT2D eigenvalue weighted by Gasteiger charge is -2.10. The zero-order valence-corrected chi connectivity index (χ0v) is 15.5. The molecule has 0 fully saturated rings. The maximum Gasteiger partial charge on any atom is 0.341 e. The fraction of sp³-hybridized carbons (Fsp3) is 0.0667. The maximum atomic E-state index is 12.0. The Morgan fingerprint density at radius 3 is 2.25 bits per heavy atom. The summed E-state index contributed by atoms with van der Waals surface area (Å²) in [4.78, 5) is 23.9. The molecule has 0 radical (unpaired) electrons. The number of carbonyl (C=O) groups excluding carboxylic acids is 2. The SMILES string of the molecule is O=C(COC(=O)c1c(Cl)ccc(Cl)c1Cl)Nc1ccc(Cl)cc1Cl. The summed E-state index contributed by atoms with van der Waals surface area (Å²) in [6, 6.07) is 7.39. The molecule has 0 aliphatic rings. The van der Waals surface area contributed by atoms with Crippen LogP contribution >= 0.6 is 58.0 Å². The maximum absolute atomic E-state index is 12.0. The quantitative estimate of drug-likeness (QED) is 0.499. The molecule has 4 nitrogen and oxygen atoms in total. The van der Waals surface area contributed by atoms with Gasteiger partial charge in [-0.1, -0.05) is 58.0 Å². The number of carbonyl (C=O) groups is 2. The van der Waals surface area contributed by atoms with Crippen LogP contribution < -0.4 is 5.32 Å². The summed E-state index contributed by atoms with van der Waals surface area (Å²) in [5.41, 5.74) is 0.226. The molecule has 0 spiro atoms. The average molecular weight is 427 g/mol. The number of anilines is 1. The van der Waals surface area contributed by atoms with Crippen molar-refractivity contribution in [3.8, 4) is 0 Å². The molecule has 9 heteroatoms. The van der Waals surface area contributed by atoms with E-state index in [1.807, 2.05) is 0 Å². The summed E-state index contributed by atoms with van der Waals surface area (Å²) in [6.07, 6.45) is 0. The third kappa shape index (κ3) is 4.68. The number of esters is 1. The molecule has 2 rings (SSSR count). The first-order valence-corrected chi connectivity index (χ1v) is 8.24. The van der Waals surface area contributed by atoms with Gasteiger partial charge in [-0.3, -0.25) is 4.79 Å². The Morgan fingerprint density at radius 1 is 0.917 bits per heavy atom. The Labute approximate surface area is 162 Å². The molecule has 24 heavy (non-hydrogen) atoms. The Morgan fingerprint density at radius 2 is 1.58 bits per heavy atom. The largest absolute Gasteiger partial charge is 0.452 e. The van der Waals surface area contributed by atoms with Crippen molar-refractivity contribution in [1.29, 1.82) is 0 Å². The second-order valence-corrected chi connectivity index (χ2v) is 6.50.